The van der Waals surface area contributed by atoms with Crippen molar-refractivity contribution >= 4 is 26.7 Å². The quantitative estimate of drug-likeness (QED) is 0.686. The first-order valence-corrected chi connectivity index (χ1v) is 9.62. The molecule has 0 radical (unpaired) electrons. The molecule has 0 N–H and O–H groups in total. The third-order valence-corrected chi connectivity index (χ3v) is 5.88. The highest BCUT2D eigenvalue weighted by Crippen LogP contribution is 2.30. The number of nitrogens with zero attached hydrogens (tertiary/aromatic N) is 3. The van der Waals surface area contributed by atoms with E-state index in [9.17, 15) is 0 Å². The number of aromatic nitrogens is 1. The largest absolute Gasteiger partial charge is 0.493 e. The Morgan fingerprint density at radius 1 is 0.962 bits per heavy atom. The van der Waals surface area contributed by atoms with Gasteiger partial charge >= 0.3 is 0 Å². The van der Waals surface area contributed by atoms with Gasteiger partial charge in [-0.1, -0.05) is 29.5 Å². The van der Waals surface area contributed by atoms with Crippen LogP contribution in [0.3, 0.4) is 0 Å². The van der Waals surface area contributed by atoms with Crippen LogP contribution in [0.4, 0.5) is 5.13 Å². The summed E-state index contributed by atoms with van der Waals surface area (Å²) in [5.41, 5.74) is 2.34. The van der Waals surface area contributed by atoms with Crippen LogP contribution in [0.15, 0.2) is 42.5 Å². The SMILES string of the molecule is COc1ccc(CN2CCN(c3nc4ccccc4s3)CC2)cc1OC. The average molecular weight is 369 g/mol. The highest BCUT2D eigenvalue weighted by atomic mass is 32.1. The van der Waals surface area contributed by atoms with E-state index >= 15 is 0 Å². The normalized spacial score (nSPS) is 15.4. The van der Waals surface area contributed by atoms with Gasteiger partial charge in [0.25, 0.3) is 0 Å². The van der Waals surface area contributed by atoms with Gasteiger partial charge in [0.1, 0.15) is 0 Å². The zero-order chi connectivity index (χ0) is 17.9. The van der Waals surface area contributed by atoms with Crippen molar-refractivity contribution in [2.45, 2.75) is 6.54 Å². The molecular formula is C20H23N3O2S. The van der Waals surface area contributed by atoms with Gasteiger partial charge in [-0.2, -0.15) is 0 Å². The average Bonchev–Trinajstić information content (AvgIpc) is 3.12. The number of methoxy groups -OCH3 is 2. The fourth-order valence-electron chi connectivity index (χ4n) is 3.33. The van der Waals surface area contributed by atoms with E-state index in [1.807, 2.05) is 12.1 Å². The van der Waals surface area contributed by atoms with Gasteiger partial charge in [-0.25, -0.2) is 4.98 Å². The van der Waals surface area contributed by atoms with Crippen molar-refractivity contribution in [1.29, 1.82) is 0 Å². The first-order valence-electron chi connectivity index (χ1n) is 8.80. The van der Waals surface area contributed by atoms with Gasteiger partial charge in [-0.3, -0.25) is 4.90 Å². The molecule has 26 heavy (non-hydrogen) atoms. The molecule has 1 fully saturated rings. The van der Waals surface area contributed by atoms with Crippen LogP contribution in [0, 0.1) is 0 Å². The van der Waals surface area contributed by atoms with Crippen LogP contribution >= 0.6 is 11.3 Å². The van der Waals surface area contributed by atoms with Gasteiger partial charge in [0, 0.05) is 32.7 Å². The molecule has 1 aliphatic heterocycles. The highest BCUT2D eigenvalue weighted by molar-refractivity contribution is 7.22. The number of anilines is 1. The number of hydrogen-bond acceptors (Lipinski definition) is 6. The predicted molar refractivity (Wildman–Crippen MR) is 107 cm³/mol. The Morgan fingerprint density at radius 2 is 1.73 bits per heavy atom. The molecule has 5 nitrogen and oxygen atoms in total. The first-order chi connectivity index (χ1) is 12.8. The molecule has 1 aliphatic rings. The van der Waals surface area contributed by atoms with E-state index in [2.05, 4.69) is 40.1 Å². The molecule has 0 bridgehead atoms. The van der Waals surface area contributed by atoms with Crippen LogP contribution in [-0.2, 0) is 6.54 Å². The summed E-state index contributed by atoms with van der Waals surface area (Å²) in [4.78, 5) is 9.66. The Balaban J connectivity index is 1.39. The smallest absolute Gasteiger partial charge is 0.186 e. The van der Waals surface area contributed by atoms with Crippen molar-refractivity contribution in [2.75, 3.05) is 45.3 Å². The molecule has 3 aromatic rings. The van der Waals surface area contributed by atoms with Crippen molar-refractivity contribution in [1.82, 2.24) is 9.88 Å². The summed E-state index contributed by atoms with van der Waals surface area (Å²) in [7, 11) is 3.34. The van der Waals surface area contributed by atoms with Crippen molar-refractivity contribution < 1.29 is 9.47 Å². The summed E-state index contributed by atoms with van der Waals surface area (Å²) in [6.45, 7) is 5.00. The number of piperazine rings is 1. The maximum Gasteiger partial charge on any atom is 0.186 e. The molecule has 2 heterocycles. The molecule has 2 aromatic carbocycles. The van der Waals surface area contributed by atoms with E-state index in [0.717, 1.165) is 54.9 Å². The minimum Gasteiger partial charge on any atom is -0.493 e. The Bertz CT molecular complexity index is 855. The third-order valence-electron chi connectivity index (χ3n) is 4.78. The monoisotopic (exact) mass is 369 g/mol. The highest BCUT2D eigenvalue weighted by Gasteiger charge is 2.20. The number of rotatable bonds is 5. The van der Waals surface area contributed by atoms with Crippen molar-refractivity contribution in [3.63, 3.8) is 0 Å². The second kappa shape index (κ2) is 7.51. The lowest BCUT2D eigenvalue weighted by molar-refractivity contribution is 0.249. The lowest BCUT2D eigenvalue weighted by Gasteiger charge is -2.34. The van der Waals surface area contributed by atoms with Crippen LogP contribution in [-0.4, -0.2) is 50.3 Å². The standard InChI is InChI=1S/C20H23N3O2S/c1-24-17-8-7-15(13-18(17)25-2)14-22-9-11-23(12-10-22)20-21-16-5-3-4-6-19(16)26-20/h3-8,13H,9-12,14H2,1-2H3. The Kier molecular flexibility index (Phi) is 4.95. The summed E-state index contributed by atoms with van der Waals surface area (Å²) in [6, 6.07) is 14.5. The Morgan fingerprint density at radius 3 is 2.46 bits per heavy atom. The molecule has 1 aromatic heterocycles. The zero-order valence-electron chi connectivity index (χ0n) is 15.1. The van der Waals surface area contributed by atoms with Crippen molar-refractivity contribution in [3.8, 4) is 11.5 Å². The van der Waals surface area contributed by atoms with E-state index in [-0.39, 0.29) is 0 Å². The topological polar surface area (TPSA) is 37.8 Å². The maximum atomic E-state index is 5.41. The summed E-state index contributed by atoms with van der Waals surface area (Å²) in [5, 5.41) is 1.14. The molecule has 4 rings (SSSR count). The number of fused-ring (bicyclic) bond motifs is 1. The molecule has 0 spiro atoms. The summed E-state index contributed by atoms with van der Waals surface area (Å²) >= 11 is 1.78. The van der Waals surface area contributed by atoms with Gasteiger partial charge < -0.3 is 14.4 Å². The van der Waals surface area contributed by atoms with Gasteiger partial charge in [-0.15, -0.1) is 0 Å². The maximum absolute atomic E-state index is 5.41. The molecule has 0 unspecified atom stereocenters. The number of benzene rings is 2. The molecule has 6 heteroatoms. The number of para-hydroxylation sites is 1. The van der Waals surface area contributed by atoms with E-state index in [4.69, 9.17) is 14.5 Å². The van der Waals surface area contributed by atoms with E-state index in [0.29, 0.717) is 0 Å². The van der Waals surface area contributed by atoms with Crippen molar-refractivity contribution in [2.24, 2.45) is 0 Å². The summed E-state index contributed by atoms with van der Waals surface area (Å²) in [6.07, 6.45) is 0. The van der Waals surface area contributed by atoms with Crippen LogP contribution < -0.4 is 14.4 Å². The predicted octanol–water partition coefficient (Wildman–Crippen LogP) is 3.64. The first kappa shape index (κ1) is 17.1. The third kappa shape index (κ3) is 3.48. The Labute approximate surface area is 157 Å². The molecule has 0 amide bonds. The van der Waals surface area contributed by atoms with Gasteiger partial charge in [-0.05, 0) is 29.8 Å². The molecule has 0 saturated carbocycles. The van der Waals surface area contributed by atoms with Crippen LogP contribution in [0.25, 0.3) is 10.2 Å². The second-order valence-corrected chi connectivity index (χ2v) is 7.43. The van der Waals surface area contributed by atoms with Gasteiger partial charge in [0.15, 0.2) is 16.6 Å². The number of ether oxygens (including phenoxy) is 2. The minimum atomic E-state index is 0.775. The lowest BCUT2D eigenvalue weighted by atomic mass is 10.1. The van der Waals surface area contributed by atoms with E-state index in [1.54, 1.807) is 25.6 Å². The summed E-state index contributed by atoms with van der Waals surface area (Å²) < 4.78 is 12.0. The fraction of sp³-hybridized carbons (Fsp3) is 0.350. The van der Waals surface area contributed by atoms with Gasteiger partial charge in [0.2, 0.25) is 0 Å². The molecule has 1 saturated heterocycles. The second-order valence-electron chi connectivity index (χ2n) is 6.42. The Hall–Kier alpha value is -2.31. The molecule has 0 atom stereocenters. The number of hydrogen-bond donors (Lipinski definition) is 0. The minimum absolute atomic E-state index is 0.775. The summed E-state index contributed by atoms with van der Waals surface area (Å²) in [5.74, 6) is 1.56. The van der Waals surface area contributed by atoms with Crippen LogP contribution in [0.2, 0.25) is 0 Å². The lowest BCUT2D eigenvalue weighted by Crippen LogP contribution is -2.45. The van der Waals surface area contributed by atoms with E-state index in [1.165, 1.54) is 10.3 Å². The van der Waals surface area contributed by atoms with E-state index < -0.39 is 0 Å². The molecule has 136 valence electrons. The van der Waals surface area contributed by atoms with Crippen LogP contribution in [0.1, 0.15) is 5.56 Å². The molecule has 0 aliphatic carbocycles. The van der Waals surface area contributed by atoms with Crippen LogP contribution in [0.5, 0.6) is 11.5 Å². The van der Waals surface area contributed by atoms with Gasteiger partial charge in [0.05, 0.1) is 24.4 Å². The van der Waals surface area contributed by atoms with Crippen molar-refractivity contribution in [3.05, 3.63) is 48.0 Å². The zero-order valence-corrected chi connectivity index (χ0v) is 16.0. The number of thiazole rings is 1. The fourth-order valence-corrected chi connectivity index (χ4v) is 4.35. The molecular weight excluding hydrogens is 346 g/mol.